The van der Waals surface area contributed by atoms with E-state index < -0.39 is 0 Å². The van der Waals surface area contributed by atoms with Crippen molar-refractivity contribution in [2.45, 2.75) is 0 Å². The van der Waals surface area contributed by atoms with Crippen LogP contribution in [0.1, 0.15) is 0 Å². The van der Waals surface area contributed by atoms with Crippen LogP contribution in [0.15, 0.2) is 0 Å². The molecule has 1 nitrogen and oxygen atoms in total. The van der Waals surface area contributed by atoms with Crippen LogP contribution >= 0.6 is 0 Å². The monoisotopic (exact) mass is 143 g/mol. The fraction of sp³-hybridized carbons (Fsp3) is 0.667. The third kappa shape index (κ3) is 26.2. The maximum Gasteiger partial charge on any atom is 1.00 e. The summed E-state index contributed by atoms with van der Waals surface area (Å²) in [5, 5.41) is 0. The van der Waals surface area contributed by atoms with E-state index >= 15 is 0 Å². The Bertz CT molecular complexity index is 11.6. The zero-order chi connectivity index (χ0) is 3.58. The van der Waals surface area contributed by atoms with Crippen molar-refractivity contribution in [2.24, 2.45) is 0 Å². The van der Waals surface area contributed by atoms with Crippen molar-refractivity contribution in [2.75, 3.05) is 14.1 Å². The number of hydrogen-bond donors (Lipinski definition) is 0. The zero-order valence-electron chi connectivity index (χ0n) is 4.15. The molecular weight excluding hydrogens is 136 g/mol. The summed E-state index contributed by atoms with van der Waals surface area (Å²) in [6.45, 7) is 0. The zero-order valence-corrected chi connectivity index (χ0v) is 9.07. The minimum Gasteiger partial charge on any atom is -0.464 e. The van der Waals surface area contributed by atoms with E-state index in [2.05, 4.69) is 7.05 Å². The molecule has 0 unspecified atom stereocenters. The quantitative estimate of drug-likeness (QED) is 0.335. The predicted molar refractivity (Wildman–Crippen MR) is 19.0 cm³/mol. The van der Waals surface area contributed by atoms with Gasteiger partial charge in [0.25, 0.3) is 0 Å². The van der Waals surface area contributed by atoms with Gasteiger partial charge in [0.15, 0.2) is 0 Å². The molecule has 0 heterocycles. The van der Waals surface area contributed by atoms with Crippen molar-refractivity contribution in [1.29, 1.82) is 0 Å². The van der Waals surface area contributed by atoms with Crippen molar-refractivity contribution in [1.82, 2.24) is 4.90 Å². The molecule has 0 rings (SSSR count). The molecule has 0 saturated heterocycles. The second-order valence-electron chi connectivity index (χ2n) is 1.08. The minimum absolute atomic E-state index is 0. The normalized spacial score (nSPS) is 7.20. The molecule has 0 fully saturated rings. The number of hydrogen-bond acceptors (Lipinski definition) is 1. The maximum absolute atomic E-state index is 3.47. The first kappa shape index (κ1) is 9.90. The van der Waals surface area contributed by atoms with Crippen LogP contribution in [0.25, 0.3) is 0 Å². The SMILES string of the molecule is [CH2-]N(C)C.[Rb+]. The van der Waals surface area contributed by atoms with Crippen LogP contribution in [0.3, 0.4) is 0 Å². The van der Waals surface area contributed by atoms with Crippen LogP contribution in [0.5, 0.6) is 0 Å². The van der Waals surface area contributed by atoms with Gasteiger partial charge in [-0.25, -0.2) is 0 Å². The van der Waals surface area contributed by atoms with Crippen LogP contribution < -0.4 is 58.2 Å². The molecule has 0 bridgehead atoms. The van der Waals surface area contributed by atoms with Gasteiger partial charge in [-0.3, -0.25) is 7.05 Å². The molecule has 0 atom stereocenters. The Balaban J connectivity index is 0. The van der Waals surface area contributed by atoms with Crippen LogP contribution in [0.4, 0.5) is 0 Å². The number of nitrogens with zero attached hydrogens (tertiary/aromatic N) is 1. The fourth-order valence-corrected chi connectivity index (χ4v) is 0. The summed E-state index contributed by atoms with van der Waals surface area (Å²) in [5.41, 5.74) is 0. The Hall–Kier alpha value is 1.77. The second-order valence-corrected chi connectivity index (χ2v) is 1.08. The van der Waals surface area contributed by atoms with Gasteiger partial charge in [0.1, 0.15) is 0 Å². The Morgan fingerprint density at radius 3 is 1.40 bits per heavy atom. The van der Waals surface area contributed by atoms with E-state index in [0.29, 0.717) is 0 Å². The summed E-state index contributed by atoms with van der Waals surface area (Å²) >= 11 is 0. The molecule has 2 heteroatoms. The third-order valence-electron chi connectivity index (χ3n) is 0. The van der Waals surface area contributed by atoms with Crippen LogP contribution in [-0.4, -0.2) is 19.0 Å². The molecule has 0 aliphatic heterocycles. The van der Waals surface area contributed by atoms with Gasteiger partial charge in [-0.2, -0.15) is 0 Å². The standard InChI is InChI=1S/C3H8N.Rb/c1-4(2)3;/h1H2,2-3H3;/q-1;+1. The molecule has 0 saturated carbocycles. The molecule has 5 heavy (non-hydrogen) atoms. The fourth-order valence-electron chi connectivity index (χ4n) is 0. The van der Waals surface area contributed by atoms with Crippen LogP contribution in [0.2, 0.25) is 0 Å². The average Bonchev–Trinajstić information content (AvgIpc) is 0.811. The van der Waals surface area contributed by atoms with E-state index in [4.69, 9.17) is 0 Å². The smallest absolute Gasteiger partial charge is 0.464 e. The molecule has 0 aromatic heterocycles. The van der Waals surface area contributed by atoms with Crippen molar-refractivity contribution in [3.63, 3.8) is 0 Å². The van der Waals surface area contributed by atoms with Gasteiger partial charge in [0.05, 0.1) is 0 Å². The number of rotatable bonds is 0. The summed E-state index contributed by atoms with van der Waals surface area (Å²) in [4.78, 5) is 1.75. The molecule has 26 valence electrons. The van der Waals surface area contributed by atoms with Crippen LogP contribution in [0, 0.1) is 7.05 Å². The molecule has 0 aliphatic rings. The van der Waals surface area contributed by atoms with Crippen molar-refractivity contribution in [3.05, 3.63) is 7.05 Å². The summed E-state index contributed by atoms with van der Waals surface area (Å²) in [6, 6.07) is 0. The second kappa shape index (κ2) is 5.77. The molecule has 0 aromatic carbocycles. The van der Waals surface area contributed by atoms with E-state index in [0.717, 1.165) is 0 Å². The predicted octanol–water partition coefficient (Wildman–Crippen LogP) is -2.66. The molecule has 0 N–H and O–H groups in total. The van der Waals surface area contributed by atoms with Gasteiger partial charge >= 0.3 is 58.2 Å². The van der Waals surface area contributed by atoms with Gasteiger partial charge in [-0.05, 0) is 14.1 Å². The summed E-state index contributed by atoms with van der Waals surface area (Å²) in [6.07, 6.45) is 0. The largest absolute Gasteiger partial charge is 1.00 e. The minimum atomic E-state index is 0. The molecule has 0 aliphatic carbocycles. The third-order valence-corrected chi connectivity index (χ3v) is 0. The molecular formula is C3H8NRb. The Kier molecular flexibility index (Phi) is 11.4. The van der Waals surface area contributed by atoms with Crippen molar-refractivity contribution < 1.29 is 58.2 Å². The van der Waals surface area contributed by atoms with Crippen molar-refractivity contribution >= 4 is 0 Å². The topological polar surface area (TPSA) is 3.24 Å². The van der Waals surface area contributed by atoms with E-state index in [1.54, 1.807) is 4.90 Å². The van der Waals surface area contributed by atoms with E-state index in [1.165, 1.54) is 0 Å². The first-order valence-electron chi connectivity index (χ1n) is 1.21. The summed E-state index contributed by atoms with van der Waals surface area (Å²) in [5.74, 6) is 0. The Morgan fingerprint density at radius 2 is 1.40 bits per heavy atom. The molecule has 0 aromatic rings. The first-order chi connectivity index (χ1) is 1.73. The average molecular weight is 144 g/mol. The Morgan fingerprint density at radius 1 is 1.40 bits per heavy atom. The van der Waals surface area contributed by atoms with Gasteiger partial charge in [0.2, 0.25) is 0 Å². The van der Waals surface area contributed by atoms with Gasteiger partial charge in [0, 0.05) is 0 Å². The Labute approximate surface area is 82.5 Å². The van der Waals surface area contributed by atoms with E-state index in [9.17, 15) is 0 Å². The first-order valence-corrected chi connectivity index (χ1v) is 1.21. The van der Waals surface area contributed by atoms with E-state index in [-0.39, 0.29) is 58.2 Å². The molecule has 0 radical (unpaired) electrons. The van der Waals surface area contributed by atoms with Crippen LogP contribution in [-0.2, 0) is 0 Å². The van der Waals surface area contributed by atoms with Gasteiger partial charge in [-0.15, -0.1) is 0 Å². The summed E-state index contributed by atoms with van der Waals surface area (Å²) in [7, 11) is 7.25. The molecule has 0 spiro atoms. The van der Waals surface area contributed by atoms with Gasteiger partial charge in [-0.1, -0.05) is 0 Å². The van der Waals surface area contributed by atoms with Gasteiger partial charge < -0.3 is 4.90 Å². The maximum atomic E-state index is 3.47. The molecule has 0 amide bonds. The van der Waals surface area contributed by atoms with Crippen molar-refractivity contribution in [3.8, 4) is 0 Å². The van der Waals surface area contributed by atoms with E-state index in [1.807, 2.05) is 14.1 Å². The summed E-state index contributed by atoms with van der Waals surface area (Å²) < 4.78 is 0.